The third-order valence-corrected chi connectivity index (χ3v) is 3.66. The van der Waals surface area contributed by atoms with Gasteiger partial charge in [0.15, 0.2) is 0 Å². The minimum atomic E-state index is -1.00. The predicted molar refractivity (Wildman–Crippen MR) is 72.3 cm³/mol. The summed E-state index contributed by atoms with van der Waals surface area (Å²) < 4.78 is 0. The van der Waals surface area contributed by atoms with Crippen LogP contribution in [-0.2, 0) is 0 Å². The molecule has 0 radical (unpaired) electrons. The van der Waals surface area contributed by atoms with E-state index in [1.165, 1.54) is 12.1 Å². The maximum Gasteiger partial charge on any atom is 0.335 e. The van der Waals surface area contributed by atoms with Crippen molar-refractivity contribution in [1.29, 1.82) is 0 Å². The third-order valence-electron chi connectivity index (χ3n) is 3.66. The van der Waals surface area contributed by atoms with Gasteiger partial charge in [-0.1, -0.05) is 13.0 Å². The van der Waals surface area contributed by atoms with E-state index in [1.807, 2.05) is 4.90 Å². The molecule has 0 aliphatic carbocycles. The van der Waals surface area contributed by atoms with E-state index >= 15 is 0 Å². The molecule has 1 aromatic rings. The summed E-state index contributed by atoms with van der Waals surface area (Å²) in [5, 5.41) is 8.96. The van der Waals surface area contributed by atoms with E-state index in [1.54, 1.807) is 12.1 Å². The fraction of sp³-hybridized carbons (Fsp3) is 0.467. The van der Waals surface area contributed by atoms with E-state index in [9.17, 15) is 9.59 Å². The van der Waals surface area contributed by atoms with Gasteiger partial charge < -0.3 is 10.0 Å². The molecular weight excluding hydrogens is 242 g/mol. The van der Waals surface area contributed by atoms with Crippen molar-refractivity contribution in [2.45, 2.75) is 26.2 Å². The number of rotatable bonds is 2. The number of hydrogen-bond donors (Lipinski definition) is 1. The second-order valence-electron chi connectivity index (χ2n) is 5.21. The van der Waals surface area contributed by atoms with E-state index in [4.69, 9.17) is 5.11 Å². The molecule has 0 saturated carbocycles. The van der Waals surface area contributed by atoms with Crippen molar-refractivity contribution in [3.05, 3.63) is 35.4 Å². The molecule has 1 atom stereocenters. The first kappa shape index (κ1) is 13.6. The highest BCUT2D eigenvalue weighted by Crippen LogP contribution is 2.18. The Morgan fingerprint density at radius 3 is 2.68 bits per heavy atom. The summed E-state index contributed by atoms with van der Waals surface area (Å²) in [7, 11) is 0. The second kappa shape index (κ2) is 5.87. The molecule has 1 aliphatic rings. The van der Waals surface area contributed by atoms with Crippen molar-refractivity contribution < 1.29 is 14.7 Å². The molecule has 0 bridgehead atoms. The largest absolute Gasteiger partial charge is 0.478 e. The first-order chi connectivity index (χ1) is 9.08. The number of hydrogen-bond acceptors (Lipinski definition) is 2. The summed E-state index contributed by atoms with van der Waals surface area (Å²) in [4.78, 5) is 25.1. The smallest absolute Gasteiger partial charge is 0.335 e. The van der Waals surface area contributed by atoms with Crippen LogP contribution in [-0.4, -0.2) is 35.0 Å². The van der Waals surface area contributed by atoms with E-state index in [0.29, 0.717) is 11.5 Å². The average molecular weight is 261 g/mol. The van der Waals surface area contributed by atoms with E-state index in [0.717, 1.165) is 32.4 Å². The molecule has 0 spiro atoms. The van der Waals surface area contributed by atoms with Gasteiger partial charge in [0.2, 0.25) is 0 Å². The van der Waals surface area contributed by atoms with Gasteiger partial charge in [-0.25, -0.2) is 4.79 Å². The number of aromatic carboxylic acids is 1. The van der Waals surface area contributed by atoms with Crippen LogP contribution < -0.4 is 0 Å². The van der Waals surface area contributed by atoms with Crippen LogP contribution in [0.15, 0.2) is 24.3 Å². The number of benzene rings is 1. The molecule has 19 heavy (non-hydrogen) atoms. The lowest BCUT2D eigenvalue weighted by Crippen LogP contribution is -2.32. The van der Waals surface area contributed by atoms with Gasteiger partial charge in [-0.3, -0.25) is 4.79 Å². The first-order valence-corrected chi connectivity index (χ1v) is 6.70. The lowest BCUT2D eigenvalue weighted by Gasteiger charge is -2.20. The van der Waals surface area contributed by atoms with Crippen molar-refractivity contribution in [2.24, 2.45) is 5.92 Å². The van der Waals surface area contributed by atoms with Crippen LogP contribution in [0.3, 0.4) is 0 Å². The van der Waals surface area contributed by atoms with E-state index in [-0.39, 0.29) is 11.5 Å². The molecule has 2 rings (SSSR count). The Balaban J connectivity index is 2.14. The number of carboxylic acids is 1. The van der Waals surface area contributed by atoms with Crippen molar-refractivity contribution in [3.63, 3.8) is 0 Å². The van der Waals surface area contributed by atoms with Gasteiger partial charge in [-0.15, -0.1) is 0 Å². The van der Waals surface area contributed by atoms with Gasteiger partial charge in [-0.05, 0) is 43.4 Å². The summed E-state index contributed by atoms with van der Waals surface area (Å²) in [6.07, 6.45) is 3.19. The molecule has 102 valence electrons. The second-order valence-corrected chi connectivity index (χ2v) is 5.21. The number of amides is 1. The maximum atomic E-state index is 12.4. The lowest BCUT2D eigenvalue weighted by molar-refractivity contribution is 0.0697. The first-order valence-electron chi connectivity index (χ1n) is 6.70. The highest BCUT2D eigenvalue weighted by molar-refractivity contribution is 5.97. The molecule has 1 heterocycles. The van der Waals surface area contributed by atoms with Gasteiger partial charge in [0.05, 0.1) is 5.56 Å². The Morgan fingerprint density at radius 2 is 1.95 bits per heavy atom. The van der Waals surface area contributed by atoms with E-state index in [2.05, 4.69) is 6.92 Å². The van der Waals surface area contributed by atoms with Crippen molar-refractivity contribution in [3.8, 4) is 0 Å². The minimum absolute atomic E-state index is 0.0581. The summed E-state index contributed by atoms with van der Waals surface area (Å²) in [5.41, 5.74) is 0.628. The number of carboxylic acid groups (broad SMARTS) is 1. The molecule has 0 aromatic heterocycles. The normalized spacial score (nSPS) is 19.8. The van der Waals surface area contributed by atoms with Crippen LogP contribution in [0.2, 0.25) is 0 Å². The average Bonchev–Trinajstić information content (AvgIpc) is 2.63. The number of nitrogens with zero attached hydrogens (tertiary/aromatic N) is 1. The Hall–Kier alpha value is -1.84. The standard InChI is InChI=1S/C15H19NO3/c1-11-4-3-8-16(9-7-11)14(17)12-5-2-6-13(10-12)15(18)19/h2,5-6,10-11H,3-4,7-9H2,1H3,(H,18,19). The quantitative estimate of drug-likeness (QED) is 0.890. The fourth-order valence-corrected chi connectivity index (χ4v) is 2.43. The van der Waals surface area contributed by atoms with E-state index < -0.39 is 5.97 Å². The molecular formula is C15H19NO3. The highest BCUT2D eigenvalue weighted by Gasteiger charge is 2.20. The number of likely N-dealkylation sites (tertiary alicyclic amines) is 1. The van der Waals surface area contributed by atoms with Crippen LogP contribution in [0, 0.1) is 5.92 Å². The van der Waals surface area contributed by atoms with Gasteiger partial charge in [0.25, 0.3) is 5.91 Å². The minimum Gasteiger partial charge on any atom is -0.478 e. The molecule has 1 N–H and O–H groups in total. The maximum absolute atomic E-state index is 12.4. The molecule has 4 heteroatoms. The summed E-state index contributed by atoms with van der Waals surface area (Å²) >= 11 is 0. The third kappa shape index (κ3) is 3.34. The zero-order valence-corrected chi connectivity index (χ0v) is 11.1. The fourth-order valence-electron chi connectivity index (χ4n) is 2.43. The summed E-state index contributed by atoms with van der Waals surface area (Å²) in [5.74, 6) is -0.403. The Labute approximate surface area is 113 Å². The monoisotopic (exact) mass is 261 g/mol. The summed E-state index contributed by atoms with van der Waals surface area (Å²) in [6.45, 7) is 3.73. The summed E-state index contributed by atoms with van der Waals surface area (Å²) in [6, 6.07) is 6.27. The van der Waals surface area contributed by atoms with Gasteiger partial charge in [0, 0.05) is 18.7 Å². The molecule has 1 fully saturated rings. The highest BCUT2D eigenvalue weighted by atomic mass is 16.4. The molecule has 1 unspecified atom stereocenters. The zero-order valence-electron chi connectivity index (χ0n) is 11.1. The molecule has 1 aromatic carbocycles. The van der Waals surface area contributed by atoms with Crippen LogP contribution >= 0.6 is 0 Å². The van der Waals surface area contributed by atoms with Gasteiger partial charge in [0.1, 0.15) is 0 Å². The number of carbonyl (C=O) groups is 2. The van der Waals surface area contributed by atoms with Crippen LogP contribution in [0.1, 0.15) is 46.9 Å². The Morgan fingerprint density at radius 1 is 1.21 bits per heavy atom. The topological polar surface area (TPSA) is 57.6 Å². The Bertz CT molecular complexity index is 484. The van der Waals surface area contributed by atoms with Crippen molar-refractivity contribution in [1.82, 2.24) is 4.90 Å². The lowest BCUT2D eigenvalue weighted by atomic mass is 10.0. The van der Waals surface area contributed by atoms with Crippen molar-refractivity contribution in [2.75, 3.05) is 13.1 Å². The predicted octanol–water partition coefficient (Wildman–Crippen LogP) is 2.65. The Kier molecular flexibility index (Phi) is 4.20. The number of carbonyl (C=O) groups excluding carboxylic acids is 1. The van der Waals surface area contributed by atoms with Crippen LogP contribution in [0.4, 0.5) is 0 Å². The molecule has 4 nitrogen and oxygen atoms in total. The van der Waals surface area contributed by atoms with Gasteiger partial charge >= 0.3 is 5.97 Å². The molecule has 1 saturated heterocycles. The SMILES string of the molecule is CC1CCCN(C(=O)c2cccc(C(=O)O)c2)CC1. The molecule has 1 amide bonds. The van der Waals surface area contributed by atoms with Gasteiger partial charge in [-0.2, -0.15) is 0 Å². The van der Waals surface area contributed by atoms with Crippen LogP contribution in [0.25, 0.3) is 0 Å². The van der Waals surface area contributed by atoms with Crippen LogP contribution in [0.5, 0.6) is 0 Å². The van der Waals surface area contributed by atoms with Crippen molar-refractivity contribution >= 4 is 11.9 Å². The zero-order chi connectivity index (χ0) is 13.8. The molecule has 1 aliphatic heterocycles.